The van der Waals surface area contributed by atoms with Crippen molar-refractivity contribution in [3.05, 3.63) is 0 Å². The summed E-state index contributed by atoms with van der Waals surface area (Å²) in [5, 5.41) is 12.6. The van der Waals surface area contributed by atoms with Crippen LogP contribution in [-0.2, 0) is 4.74 Å². The second-order valence-corrected chi connectivity index (χ2v) is 5.73. The largest absolute Gasteiger partial charge is 0.394 e. The van der Waals surface area contributed by atoms with Gasteiger partial charge in [0.05, 0.1) is 18.8 Å². The molecule has 2 N–H and O–H groups in total. The Morgan fingerprint density at radius 3 is 2.35 bits per heavy atom. The van der Waals surface area contributed by atoms with Gasteiger partial charge in [-0.1, -0.05) is 0 Å². The predicted molar refractivity (Wildman–Crippen MR) is 70.2 cm³/mol. The minimum Gasteiger partial charge on any atom is -0.394 e. The summed E-state index contributed by atoms with van der Waals surface area (Å²) in [6.07, 6.45) is 1.55. The number of nitrogens with one attached hydrogen (secondary N) is 1. The van der Waals surface area contributed by atoms with Gasteiger partial charge in [0.15, 0.2) is 0 Å². The third-order valence-corrected chi connectivity index (χ3v) is 3.77. The van der Waals surface area contributed by atoms with Crippen LogP contribution in [0.4, 0.5) is 0 Å². The Morgan fingerprint density at radius 1 is 1.41 bits per heavy atom. The van der Waals surface area contributed by atoms with Crippen LogP contribution in [-0.4, -0.2) is 60.5 Å². The molecule has 0 aromatic rings. The standard InChI is InChI=1S/C13H28N2O2/c1-10(6-13(4,9-16)14-5)15-7-11(2)17-12(3)8-15/h10-12,14,16H,6-9H2,1-5H3/t10?,11-,12+,13?. The number of aliphatic hydroxyl groups is 1. The molecule has 0 saturated carbocycles. The van der Waals surface area contributed by atoms with Crippen LogP contribution in [0.15, 0.2) is 0 Å². The summed E-state index contributed by atoms with van der Waals surface area (Å²) in [6.45, 7) is 10.7. The molecule has 1 aliphatic rings. The van der Waals surface area contributed by atoms with Gasteiger partial charge in [-0.3, -0.25) is 4.90 Å². The van der Waals surface area contributed by atoms with Gasteiger partial charge in [-0.25, -0.2) is 0 Å². The minimum atomic E-state index is -0.190. The highest BCUT2D eigenvalue weighted by molar-refractivity contribution is 4.87. The van der Waals surface area contributed by atoms with E-state index in [2.05, 4.69) is 37.9 Å². The average molecular weight is 244 g/mol. The van der Waals surface area contributed by atoms with Gasteiger partial charge in [0.25, 0.3) is 0 Å². The maximum absolute atomic E-state index is 9.43. The fourth-order valence-corrected chi connectivity index (χ4v) is 2.60. The third-order valence-electron chi connectivity index (χ3n) is 3.77. The molecule has 0 aliphatic carbocycles. The van der Waals surface area contributed by atoms with Crippen molar-refractivity contribution < 1.29 is 9.84 Å². The van der Waals surface area contributed by atoms with Crippen molar-refractivity contribution in [2.45, 2.75) is 57.9 Å². The van der Waals surface area contributed by atoms with E-state index in [1.54, 1.807) is 0 Å². The molecule has 4 heteroatoms. The average Bonchev–Trinajstić information content (AvgIpc) is 2.27. The quantitative estimate of drug-likeness (QED) is 0.752. The lowest BCUT2D eigenvalue weighted by Crippen LogP contribution is -2.54. The molecule has 0 aromatic carbocycles. The van der Waals surface area contributed by atoms with Crippen LogP contribution in [0.3, 0.4) is 0 Å². The smallest absolute Gasteiger partial charge is 0.0678 e. The van der Waals surface area contributed by atoms with Gasteiger partial charge in [-0.2, -0.15) is 0 Å². The van der Waals surface area contributed by atoms with E-state index in [9.17, 15) is 5.11 Å². The molecule has 1 heterocycles. The van der Waals surface area contributed by atoms with Gasteiger partial charge in [-0.05, 0) is 41.2 Å². The number of aliphatic hydroxyl groups excluding tert-OH is 1. The van der Waals surface area contributed by atoms with Crippen LogP contribution in [0, 0.1) is 0 Å². The first-order valence-electron chi connectivity index (χ1n) is 6.59. The highest BCUT2D eigenvalue weighted by Crippen LogP contribution is 2.20. The number of morpholine rings is 1. The Balaban J connectivity index is 2.54. The topological polar surface area (TPSA) is 44.7 Å². The Kier molecular flexibility index (Phi) is 5.38. The molecular formula is C13H28N2O2. The molecule has 17 heavy (non-hydrogen) atoms. The second kappa shape index (κ2) is 6.14. The molecule has 4 atom stereocenters. The van der Waals surface area contributed by atoms with Gasteiger partial charge in [0.2, 0.25) is 0 Å². The summed E-state index contributed by atoms with van der Waals surface area (Å²) in [5.41, 5.74) is -0.190. The lowest BCUT2D eigenvalue weighted by Gasteiger charge is -2.41. The Morgan fingerprint density at radius 2 is 1.94 bits per heavy atom. The zero-order valence-electron chi connectivity index (χ0n) is 11.9. The molecule has 1 aliphatic heterocycles. The van der Waals surface area contributed by atoms with Crippen molar-refractivity contribution in [1.82, 2.24) is 10.2 Å². The number of nitrogens with zero attached hydrogens (tertiary/aromatic N) is 1. The normalized spacial score (nSPS) is 32.1. The molecule has 102 valence electrons. The number of hydrogen-bond donors (Lipinski definition) is 2. The molecule has 0 aromatic heterocycles. The van der Waals surface area contributed by atoms with Crippen LogP contribution in [0.25, 0.3) is 0 Å². The molecule has 1 rings (SSSR count). The summed E-state index contributed by atoms with van der Waals surface area (Å²) >= 11 is 0. The van der Waals surface area contributed by atoms with Crippen LogP contribution in [0.2, 0.25) is 0 Å². The number of hydrogen-bond acceptors (Lipinski definition) is 4. The van der Waals surface area contributed by atoms with Crippen molar-refractivity contribution in [2.24, 2.45) is 0 Å². The first-order chi connectivity index (χ1) is 7.90. The Hall–Kier alpha value is -0.160. The van der Waals surface area contributed by atoms with Crippen LogP contribution >= 0.6 is 0 Å². The zero-order valence-corrected chi connectivity index (χ0v) is 11.9. The van der Waals surface area contributed by atoms with Gasteiger partial charge < -0.3 is 15.2 Å². The van der Waals surface area contributed by atoms with E-state index in [1.807, 2.05) is 7.05 Å². The summed E-state index contributed by atoms with van der Waals surface area (Å²) in [4.78, 5) is 2.46. The van der Waals surface area contributed by atoms with E-state index in [0.717, 1.165) is 19.5 Å². The number of rotatable bonds is 5. The van der Waals surface area contributed by atoms with E-state index in [0.29, 0.717) is 18.2 Å². The molecule has 0 bridgehead atoms. The maximum atomic E-state index is 9.43. The molecule has 2 unspecified atom stereocenters. The fraction of sp³-hybridized carbons (Fsp3) is 1.00. The maximum Gasteiger partial charge on any atom is 0.0678 e. The van der Waals surface area contributed by atoms with E-state index in [1.165, 1.54) is 0 Å². The van der Waals surface area contributed by atoms with Gasteiger partial charge in [-0.15, -0.1) is 0 Å². The molecule has 0 amide bonds. The first kappa shape index (κ1) is 14.9. The van der Waals surface area contributed by atoms with Crippen molar-refractivity contribution in [3.63, 3.8) is 0 Å². The van der Waals surface area contributed by atoms with Gasteiger partial charge in [0, 0.05) is 24.7 Å². The Bertz CT molecular complexity index is 221. The number of ether oxygens (including phenoxy) is 1. The highest BCUT2D eigenvalue weighted by atomic mass is 16.5. The van der Waals surface area contributed by atoms with Gasteiger partial charge in [0.1, 0.15) is 0 Å². The molecule has 1 fully saturated rings. The summed E-state index contributed by atoms with van der Waals surface area (Å²) in [6, 6.07) is 0.452. The highest BCUT2D eigenvalue weighted by Gasteiger charge is 2.30. The Labute approximate surface area is 105 Å². The fourth-order valence-electron chi connectivity index (χ4n) is 2.60. The van der Waals surface area contributed by atoms with Crippen LogP contribution < -0.4 is 5.32 Å². The van der Waals surface area contributed by atoms with E-state index in [4.69, 9.17) is 4.74 Å². The lowest BCUT2D eigenvalue weighted by atomic mass is 9.93. The van der Waals surface area contributed by atoms with Crippen molar-refractivity contribution in [3.8, 4) is 0 Å². The van der Waals surface area contributed by atoms with Crippen LogP contribution in [0.5, 0.6) is 0 Å². The van der Waals surface area contributed by atoms with E-state index in [-0.39, 0.29) is 12.1 Å². The predicted octanol–water partition coefficient (Wildman–Crippen LogP) is 0.845. The zero-order chi connectivity index (χ0) is 13.1. The number of likely N-dealkylation sites (N-methyl/N-ethyl adjacent to an activating group) is 1. The lowest BCUT2D eigenvalue weighted by molar-refractivity contribution is -0.0819. The van der Waals surface area contributed by atoms with Crippen molar-refractivity contribution in [1.29, 1.82) is 0 Å². The minimum absolute atomic E-state index is 0.170. The molecule has 4 nitrogen and oxygen atoms in total. The third kappa shape index (κ3) is 4.21. The molecule has 0 radical (unpaired) electrons. The van der Waals surface area contributed by atoms with E-state index >= 15 is 0 Å². The second-order valence-electron chi connectivity index (χ2n) is 5.73. The summed E-state index contributed by atoms with van der Waals surface area (Å²) in [5.74, 6) is 0. The van der Waals surface area contributed by atoms with Crippen molar-refractivity contribution >= 4 is 0 Å². The first-order valence-corrected chi connectivity index (χ1v) is 6.59. The van der Waals surface area contributed by atoms with Crippen molar-refractivity contribution in [2.75, 3.05) is 26.7 Å². The molecule has 1 saturated heterocycles. The molecular weight excluding hydrogens is 216 g/mol. The molecule has 0 spiro atoms. The SMILES string of the molecule is CNC(C)(CO)CC(C)N1C[C@@H](C)O[C@@H](C)C1. The monoisotopic (exact) mass is 244 g/mol. The van der Waals surface area contributed by atoms with Crippen LogP contribution in [0.1, 0.15) is 34.1 Å². The van der Waals surface area contributed by atoms with E-state index < -0.39 is 0 Å². The summed E-state index contributed by atoms with van der Waals surface area (Å²) < 4.78 is 5.74. The summed E-state index contributed by atoms with van der Waals surface area (Å²) in [7, 11) is 1.91. The van der Waals surface area contributed by atoms with Gasteiger partial charge >= 0.3 is 0 Å².